The molecule has 1 rings (SSSR count). The van der Waals surface area contributed by atoms with E-state index >= 15 is 0 Å². The Morgan fingerprint density at radius 1 is 1.35 bits per heavy atom. The van der Waals surface area contributed by atoms with Crippen molar-refractivity contribution in [2.24, 2.45) is 5.92 Å². The highest BCUT2D eigenvalue weighted by Gasteiger charge is 2.31. The molecule has 1 saturated heterocycles. The third-order valence-corrected chi connectivity index (χ3v) is 4.28. The van der Waals surface area contributed by atoms with Crippen LogP contribution in [0, 0.1) is 5.92 Å². The van der Waals surface area contributed by atoms with Crippen LogP contribution in [0.1, 0.15) is 40.5 Å². The van der Waals surface area contributed by atoms with Gasteiger partial charge in [0.25, 0.3) is 0 Å². The first-order valence-corrected chi connectivity index (χ1v) is 7.12. The summed E-state index contributed by atoms with van der Waals surface area (Å²) < 4.78 is 5.36. The first kappa shape index (κ1) is 14.9. The number of hydrogen-bond acceptors (Lipinski definition) is 3. The smallest absolute Gasteiger partial charge is 0.0618 e. The van der Waals surface area contributed by atoms with Gasteiger partial charge < -0.3 is 10.1 Å². The molecule has 0 aromatic carbocycles. The van der Waals surface area contributed by atoms with Crippen molar-refractivity contribution in [1.29, 1.82) is 0 Å². The summed E-state index contributed by atoms with van der Waals surface area (Å²) in [5.41, 5.74) is 0. The fourth-order valence-corrected chi connectivity index (χ4v) is 2.73. The van der Waals surface area contributed by atoms with E-state index in [1.165, 1.54) is 12.8 Å². The Labute approximate surface area is 107 Å². The Morgan fingerprint density at radius 3 is 2.59 bits per heavy atom. The topological polar surface area (TPSA) is 24.5 Å². The van der Waals surface area contributed by atoms with Crippen molar-refractivity contribution < 1.29 is 4.74 Å². The molecule has 4 atom stereocenters. The molecule has 0 amide bonds. The van der Waals surface area contributed by atoms with E-state index in [1.54, 1.807) is 0 Å². The van der Waals surface area contributed by atoms with Crippen molar-refractivity contribution in [1.82, 2.24) is 10.2 Å². The van der Waals surface area contributed by atoms with Crippen LogP contribution in [0.15, 0.2) is 0 Å². The fraction of sp³-hybridized carbons (Fsp3) is 1.00. The van der Waals surface area contributed by atoms with Gasteiger partial charge in [-0.1, -0.05) is 27.2 Å². The summed E-state index contributed by atoms with van der Waals surface area (Å²) in [6.07, 6.45) is 2.42. The lowest BCUT2D eigenvalue weighted by Crippen LogP contribution is -2.60. The zero-order valence-corrected chi connectivity index (χ0v) is 12.2. The number of nitrogens with one attached hydrogen (secondary N) is 1. The Kier molecular flexibility index (Phi) is 6.45. The van der Waals surface area contributed by atoms with Gasteiger partial charge in [-0.3, -0.25) is 4.90 Å². The molecule has 1 fully saturated rings. The number of piperazine rings is 1. The number of ether oxygens (including phenoxy) is 1. The van der Waals surface area contributed by atoms with Crippen LogP contribution in [0.4, 0.5) is 0 Å². The van der Waals surface area contributed by atoms with Gasteiger partial charge in [0.1, 0.15) is 0 Å². The van der Waals surface area contributed by atoms with Crippen LogP contribution >= 0.6 is 0 Å². The Hall–Kier alpha value is -0.120. The molecule has 0 aromatic rings. The van der Waals surface area contributed by atoms with E-state index in [0.717, 1.165) is 25.6 Å². The van der Waals surface area contributed by atoms with Crippen LogP contribution in [0.5, 0.6) is 0 Å². The minimum Gasteiger partial charge on any atom is -0.383 e. The summed E-state index contributed by atoms with van der Waals surface area (Å²) in [5, 5.41) is 3.69. The molecule has 0 radical (unpaired) electrons. The zero-order chi connectivity index (χ0) is 12.8. The summed E-state index contributed by atoms with van der Waals surface area (Å²) in [4.78, 5) is 2.64. The van der Waals surface area contributed by atoms with E-state index in [0.29, 0.717) is 18.1 Å². The molecule has 1 aliphatic rings. The molecular weight excluding hydrogens is 212 g/mol. The second-order valence-electron chi connectivity index (χ2n) is 5.46. The lowest BCUT2D eigenvalue weighted by Gasteiger charge is -2.44. The monoisotopic (exact) mass is 242 g/mol. The summed E-state index contributed by atoms with van der Waals surface area (Å²) in [6.45, 7) is 12.3. The fourth-order valence-electron chi connectivity index (χ4n) is 2.73. The molecule has 17 heavy (non-hydrogen) atoms. The number of methoxy groups -OCH3 is 1. The van der Waals surface area contributed by atoms with E-state index in [2.05, 4.69) is 37.9 Å². The van der Waals surface area contributed by atoms with E-state index in [-0.39, 0.29) is 0 Å². The van der Waals surface area contributed by atoms with Crippen molar-refractivity contribution in [3.8, 4) is 0 Å². The predicted octanol–water partition coefficient (Wildman–Crippen LogP) is 2.12. The molecule has 4 unspecified atom stereocenters. The molecular formula is C14H30N2O. The standard InChI is InChI=1S/C14H30N2O/c1-6-11(3)14-9-16(12(4)8-15-14)13(7-2)10-17-5/h11-15H,6-10H2,1-5H3. The van der Waals surface area contributed by atoms with Crippen LogP contribution in [0.3, 0.4) is 0 Å². The lowest BCUT2D eigenvalue weighted by molar-refractivity contribution is 0.0291. The van der Waals surface area contributed by atoms with Gasteiger partial charge in [0.05, 0.1) is 6.61 Å². The lowest BCUT2D eigenvalue weighted by atomic mass is 9.94. The molecule has 1 heterocycles. The quantitative estimate of drug-likeness (QED) is 0.772. The largest absolute Gasteiger partial charge is 0.383 e. The van der Waals surface area contributed by atoms with Gasteiger partial charge in [-0.05, 0) is 19.3 Å². The van der Waals surface area contributed by atoms with Gasteiger partial charge in [0.2, 0.25) is 0 Å². The highest BCUT2D eigenvalue weighted by atomic mass is 16.5. The minimum atomic E-state index is 0.573. The highest BCUT2D eigenvalue weighted by Crippen LogP contribution is 2.19. The molecule has 0 saturated carbocycles. The molecule has 1 aliphatic heterocycles. The van der Waals surface area contributed by atoms with E-state index in [4.69, 9.17) is 4.74 Å². The Bertz CT molecular complexity index is 210. The van der Waals surface area contributed by atoms with Gasteiger partial charge >= 0.3 is 0 Å². The molecule has 3 nitrogen and oxygen atoms in total. The molecule has 0 aliphatic carbocycles. The second-order valence-corrected chi connectivity index (χ2v) is 5.46. The highest BCUT2D eigenvalue weighted by molar-refractivity contribution is 4.89. The number of nitrogens with zero attached hydrogens (tertiary/aromatic N) is 1. The van der Waals surface area contributed by atoms with E-state index in [9.17, 15) is 0 Å². The summed E-state index contributed by atoms with van der Waals surface area (Å²) in [5.74, 6) is 0.755. The number of rotatable bonds is 6. The van der Waals surface area contributed by atoms with Crippen LogP contribution in [-0.2, 0) is 4.74 Å². The maximum Gasteiger partial charge on any atom is 0.0618 e. The first-order valence-electron chi connectivity index (χ1n) is 7.12. The first-order chi connectivity index (χ1) is 8.13. The van der Waals surface area contributed by atoms with Crippen LogP contribution in [0.25, 0.3) is 0 Å². The SMILES string of the molecule is CCC(C)C1CN(C(CC)COC)C(C)CN1. The molecule has 102 valence electrons. The molecule has 0 bridgehead atoms. The van der Waals surface area contributed by atoms with E-state index < -0.39 is 0 Å². The van der Waals surface area contributed by atoms with Crippen molar-refractivity contribution in [3.63, 3.8) is 0 Å². The van der Waals surface area contributed by atoms with Gasteiger partial charge in [0, 0.05) is 38.3 Å². The summed E-state index contributed by atoms with van der Waals surface area (Å²) in [6, 6.07) is 1.83. The molecule has 0 spiro atoms. The van der Waals surface area contributed by atoms with Crippen LogP contribution in [-0.4, -0.2) is 49.8 Å². The third kappa shape index (κ3) is 3.94. The van der Waals surface area contributed by atoms with Gasteiger partial charge in [-0.2, -0.15) is 0 Å². The summed E-state index contributed by atoms with van der Waals surface area (Å²) in [7, 11) is 1.81. The second kappa shape index (κ2) is 7.34. The van der Waals surface area contributed by atoms with Gasteiger partial charge in [0.15, 0.2) is 0 Å². The molecule has 3 heteroatoms. The maximum absolute atomic E-state index is 5.36. The van der Waals surface area contributed by atoms with Crippen molar-refractivity contribution in [2.45, 2.75) is 58.7 Å². The Morgan fingerprint density at radius 2 is 2.06 bits per heavy atom. The van der Waals surface area contributed by atoms with Gasteiger partial charge in [-0.15, -0.1) is 0 Å². The normalized spacial score (nSPS) is 30.2. The predicted molar refractivity (Wildman–Crippen MR) is 73.4 cm³/mol. The van der Waals surface area contributed by atoms with Crippen LogP contribution < -0.4 is 5.32 Å². The average Bonchev–Trinajstić information content (AvgIpc) is 2.36. The minimum absolute atomic E-state index is 0.573. The summed E-state index contributed by atoms with van der Waals surface area (Å²) >= 11 is 0. The molecule has 1 N–H and O–H groups in total. The Balaban J connectivity index is 2.61. The van der Waals surface area contributed by atoms with Crippen molar-refractivity contribution in [3.05, 3.63) is 0 Å². The van der Waals surface area contributed by atoms with E-state index in [1.807, 2.05) is 7.11 Å². The zero-order valence-electron chi connectivity index (χ0n) is 12.2. The van der Waals surface area contributed by atoms with Crippen molar-refractivity contribution >= 4 is 0 Å². The van der Waals surface area contributed by atoms with Gasteiger partial charge in [-0.25, -0.2) is 0 Å². The molecule has 0 aromatic heterocycles. The third-order valence-electron chi connectivity index (χ3n) is 4.28. The van der Waals surface area contributed by atoms with Crippen molar-refractivity contribution in [2.75, 3.05) is 26.8 Å². The van der Waals surface area contributed by atoms with Crippen LogP contribution in [0.2, 0.25) is 0 Å². The maximum atomic E-state index is 5.36. The average molecular weight is 242 g/mol. The number of hydrogen-bond donors (Lipinski definition) is 1.